The van der Waals surface area contributed by atoms with Gasteiger partial charge in [-0.15, -0.1) is 5.10 Å². The van der Waals surface area contributed by atoms with Gasteiger partial charge in [0.05, 0.1) is 12.1 Å². The molecule has 0 N–H and O–H groups in total. The second-order valence-electron chi connectivity index (χ2n) is 4.42. The summed E-state index contributed by atoms with van der Waals surface area (Å²) >= 11 is 0. The van der Waals surface area contributed by atoms with Crippen LogP contribution in [0.4, 0.5) is 13.2 Å². The first-order chi connectivity index (χ1) is 8.73. The van der Waals surface area contributed by atoms with Gasteiger partial charge >= 0.3 is 6.18 Å². The molecule has 1 aliphatic heterocycles. The number of hydrogen-bond donors (Lipinski definition) is 0. The first-order valence-electron chi connectivity index (χ1n) is 5.64. The number of rotatable bonds is 2. The topological polar surface area (TPSA) is 68.1 Å². The summed E-state index contributed by atoms with van der Waals surface area (Å²) in [4.78, 5) is 0. The second kappa shape index (κ2) is 4.75. The summed E-state index contributed by atoms with van der Waals surface area (Å²) < 4.78 is 64.0. The van der Waals surface area contributed by atoms with Gasteiger partial charge in [-0.05, 0) is 12.8 Å². The Balaban J connectivity index is 2.12. The zero-order valence-electron chi connectivity index (χ0n) is 10.1. The minimum Gasteiger partial charge on any atom is -0.236 e. The van der Waals surface area contributed by atoms with Crippen LogP contribution in [0.5, 0.6) is 0 Å². The van der Waals surface area contributed by atoms with Crippen molar-refractivity contribution in [1.82, 2.24) is 19.3 Å². The monoisotopic (exact) mass is 298 g/mol. The van der Waals surface area contributed by atoms with E-state index < -0.39 is 22.1 Å². The Hall–Kier alpha value is -1.16. The molecule has 1 aromatic heterocycles. The first kappa shape index (κ1) is 14.3. The number of aryl methyl sites for hydroxylation is 1. The lowest BCUT2D eigenvalue weighted by Crippen LogP contribution is -2.42. The summed E-state index contributed by atoms with van der Waals surface area (Å²) in [5, 5.41) is 6.86. The van der Waals surface area contributed by atoms with Crippen molar-refractivity contribution in [2.24, 2.45) is 13.0 Å². The van der Waals surface area contributed by atoms with Crippen LogP contribution in [-0.2, 0) is 17.1 Å². The third-order valence-corrected chi connectivity index (χ3v) is 5.14. The van der Waals surface area contributed by atoms with Gasteiger partial charge in [-0.2, -0.15) is 17.5 Å². The second-order valence-corrected chi connectivity index (χ2v) is 6.30. The predicted molar refractivity (Wildman–Crippen MR) is 58.5 cm³/mol. The summed E-state index contributed by atoms with van der Waals surface area (Å²) in [6, 6.07) is 0. The summed E-state index contributed by atoms with van der Waals surface area (Å²) in [6.45, 7) is -0.282. The van der Waals surface area contributed by atoms with Crippen molar-refractivity contribution in [2.75, 3.05) is 13.1 Å². The Labute approximate surface area is 108 Å². The van der Waals surface area contributed by atoms with E-state index in [2.05, 4.69) is 10.3 Å². The smallest absolute Gasteiger partial charge is 0.236 e. The molecule has 0 spiro atoms. The fourth-order valence-corrected chi connectivity index (χ4v) is 3.58. The van der Waals surface area contributed by atoms with Gasteiger partial charge < -0.3 is 0 Å². The van der Waals surface area contributed by atoms with Gasteiger partial charge in [0.15, 0.2) is 5.03 Å². The number of piperidine rings is 1. The molecular weight excluding hydrogens is 285 g/mol. The molecule has 0 atom stereocenters. The lowest BCUT2D eigenvalue weighted by molar-refractivity contribution is -0.182. The molecule has 0 aromatic carbocycles. The highest BCUT2D eigenvalue weighted by molar-refractivity contribution is 7.89. The Morgan fingerprint density at radius 2 is 1.89 bits per heavy atom. The molecule has 0 amide bonds. The van der Waals surface area contributed by atoms with Gasteiger partial charge in [-0.3, -0.25) is 0 Å². The first-order valence-corrected chi connectivity index (χ1v) is 7.08. The highest BCUT2D eigenvalue weighted by Gasteiger charge is 2.43. The molecule has 108 valence electrons. The van der Waals surface area contributed by atoms with E-state index in [4.69, 9.17) is 0 Å². The molecule has 0 bridgehead atoms. The molecular formula is C9H13F3N4O2S. The highest BCUT2D eigenvalue weighted by atomic mass is 32.2. The highest BCUT2D eigenvalue weighted by Crippen LogP contribution is 2.35. The van der Waals surface area contributed by atoms with Crippen LogP contribution in [0.2, 0.25) is 0 Å². The van der Waals surface area contributed by atoms with Crippen LogP contribution in [-0.4, -0.2) is 47.0 Å². The van der Waals surface area contributed by atoms with Crippen molar-refractivity contribution in [1.29, 1.82) is 0 Å². The van der Waals surface area contributed by atoms with Crippen LogP contribution in [0.25, 0.3) is 0 Å². The number of sulfonamides is 1. The maximum atomic E-state index is 12.5. The largest absolute Gasteiger partial charge is 0.391 e. The Morgan fingerprint density at radius 3 is 2.32 bits per heavy atom. The molecule has 19 heavy (non-hydrogen) atoms. The fourth-order valence-electron chi connectivity index (χ4n) is 2.07. The molecule has 2 heterocycles. The molecule has 0 radical (unpaired) electrons. The average Bonchev–Trinajstić information content (AvgIpc) is 2.75. The summed E-state index contributed by atoms with van der Waals surface area (Å²) in [7, 11) is -2.40. The number of halogens is 3. The lowest BCUT2D eigenvalue weighted by atomic mass is 9.98. The van der Waals surface area contributed by atoms with E-state index in [0.29, 0.717) is 0 Å². The maximum Gasteiger partial charge on any atom is 0.391 e. The van der Waals surface area contributed by atoms with Crippen LogP contribution in [0.15, 0.2) is 11.2 Å². The number of alkyl halides is 3. The van der Waals surface area contributed by atoms with Crippen LogP contribution in [0, 0.1) is 5.92 Å². The maximum absolute atomic E-state index is 12.5. The zero-order chi connectivity index (χ0) is 14.3. The van der Waals surface area contributed by atoms with Crippen LogP contribution < -0.4 is 0 Å². The molecule has 6 nitrogen and oxygen atoms in total. The van der Waals surface area contributed by atoms with E-state index in [1.165, 1.54) is 7.05 Å². The van der Waals surface area contributed by atoms with Crippen molar-refractivity contribution in [3.8, 4) is 0 Å². The summed E-state index contributed by atoms with van der Waals surface area (Å²) in [5.41, 5.74) is 0. The molecule has 10 heteroatoms. The molecule has 0 saturated carbocycles. The summed E-state index contributed by atoms with van der Waals surface area (Å²) in [5.74, 6) is -1.43. The van der Waals surface area contributed by atoms with Crippen LogP contribution in [0.1, 0.15) is 12.8 Å². The van der Waals surface area contributed by atoms with Crippen molar-refractivity contribution in [3.05, 3.63) is 6.20 Å². The third-order valence-electron chi connectivity index (χ3n) is 3.19. The molecule has 1 aromatic rings. The lowest BCUT2D eigenvalue weighted by Gasteiger charge is -2.31. The number of aromatic nitrogens is 3. The number of hydrogen-bond acceptors (Lipinski definition) is 4. The SMILES string of the molecule is Cn1nncc1S(=O)(=O)N1CCC(C(F)(F)F)CC1. The van der Waals surface area contributed by atoms with E-state index in [-0.39, 0.29) is 31.0 Å². The van der Waals surface area contributed by atoms with E-state index in [1.54, 1.807) is 0 Å². The molecule has 0 aliphatic carbocycles. The van der Waals surface area contributed by atoms with Gasteiger partial charge in [0.25, 0.3) is 10.0 Å². The van der Waals surface area contributed by atoms with Crippen LogP contribution in [0.3, 0.4) is 0 Å². The van der Waals surface area contributed by atoms with E-state index in [1.807, 2.05) is 0 Å². The van der Waals surface area contributed by atoms with Gasteiger partial charge in [0.2, 0.25) is 0 Å². The minimum absolute atomic E-state index is 0.113. The van der Waals surface area contributed by atoms with Gasteiger partial charge in [-0.25, -0.2) is 13.1 Å². The van der Waals surface area contributed by atoms with Crippen molar-refractivity contribution in [3.63, 3.8) is 0 Å². The van der Waals surface area contributed by atoms with Crippen molar-refractivity contribution >= 4 is 10.0 Å². The van der Waals surface area contributed by atoms with E-state index >= 15 is 0 Å². The van der Waals surface area contributed by atoms with Crippen molar-refractivity contribution in [2.45, 2.75) is 24.0 Å². The molecule has 0 unspecified atom stereocenters. The Morgan fingerprint density at radius 1 is 1.32 bits per heavy atom. The van der Waals surface area contributed by atoms with Gasteiger partial charge in [-0.1, -0.05) is 5.21 Å². The summed E-state index contributed by atoms with van der Waals surface area (Å²) in [6.07, 6.45) is -3.60. The molecule has 2 rings (SSSR count). The number of nitrogens with zero attached hydrogens (tertiary/aromatic N) is 4. The Kier molecular flexibility index (Phi) is 3.56. The quantitative estimate of drug-likeness (QED) is 0.809. The van der Waals surface area contributed by atoms with E-state index in [0.717, 1.165) is 15.2 Å². The van der Waals surface area contributed by atoms with Gasteiger partial charge in [0.1, 0.15) is 0 Å². The van der Waals surface area contributed by atoms with Crippen LogP contribution >= 0.6 is 0 Å². The normalized spacial score (nSPS) is 19.8. The van der Waals surface area contributed by atoms with Gasteiger partial charge in [0, 0.05) is 20.1 Å². The predicted octanol–water partition coefficient (Wildman–Crippen LogP) is 0.778. The molecule has 1 saturated heterocycles. The minimum atomic E-state index is -4.26. The van der Waals surface area contributed by atoms with Crippen molar-refractivity contribution < 1.29 is 21.6 Å². The Bertz CT molecular complexity index is 546. The fraction of sp³-hybridized carbons (Fsp3) is 0.778. The standard InChI is InChI=1S/C9H13F3N4O2S/c1-15-8(6-13-14-15)19(17,18)16-4-2-7(3-5-16)9(10,11)12/h6-7H,2-5H2,1H3. The van der Waals surface area contributed by atoms with E-state index in [9.17, 15) is 21.6 Å². The zero-order valence-corrected chi connectivity index (χ0v) is 10.9. The molecule has 1 fully saturated rings. The third kappa shape index (κ3) is 2.73. The average molecular weight is 298 g/mol. The molecule has 1 aliphatic rings.